The number of ketones is 1. The zero-order chi connectivity index (χ0) is 17.2. The van der Waals surface area contributed by atoms with E-state index in [4.69, 9.17) is 0 Å². The molecule has 0 bridgehead atoms. The van der Waals surface area contributed by atoms with Crippen molar-refractivity contribution in [3.8, 4) is 0 Å². The van der Waals surface area contributed by atoms with Gasteiger partial charge in [-0.3, -0.25) is 4.79 Å². The number of carbonyl (C=O) groups excluding carboxylic acids is 1. The fourth-order valence-corrected chi connectivity index (χ4v) is 1.21. The highest BCUT2D eigenvalue weighted by Crippen LogP contribution is 2.11. The van der Waals surface area contributed by atoms with Gasteiger partial charge < -0.3 is 0 Å². The van der Waals surface area contributed by atoms with Gasteiger partial charge in [0.2, 0.25) is 0 Å². The summed E-state index contributed by atoms with van der Waals surface area (Å²) in [4.78, 5) is 10.8. The second kappa shape index (κ2) is 16.8. The number of azo groups is 1. The van der Waals surface area contributed by atoms with Gasteiger partial charge >= 0.3 is 0 Å². The molecule has 1 aromatic rings. The van der Waals surface area contributed by atoms with Crippen LogP contribution in [0.4, 0.5) is 5.69 Å². The molecule has 0 fully saturated rings. The number of carbonyl (C=O) groups is 1. The zero-order valence-electron chi connectivity index (χ0n) is 14.6. The fourth-order valence-electron chi connectivity index (χ4n) is 1.21. The van der Waals surface area contributed by atoms with E-state index in [2.05, 4.69) is 10.2 Å². The first kappa shape index (κ1) is 22.0. The molecule has 0 spiro atoms. The molecule has 0 atom stereocenters. The summed E-state index contributed by atoms with van der Waals surface area (Å²) in [6, 6.07) is 9.48. The van der Waals surface area contributed by atoms with E-state index in [9.17, 15) is 4.79 Å². The molecule has 120 valence electrons. The van der Waals surface area contributed by atoms with Crippen LogP contribution in [0.15, 0.2) is 76.6 Å². The highest BCUT2D eigenvalue weighted by molar-refractivity contribution is 6.01. The molecule has 0 saturated carbocycles. The van der Waals surface area contributed by atoms with Crippen molar-refractivity contribution >= 4 is 11.5 Å². The summed E-state index contributed by atoms with van der Waals surface area (Å²) in [5.74, 6) is -0.00264. The molecule has 0 amide bonds. The SMILES string of the molecule is CC.CC.CC.O=C1C=CC(=CN=Nc2ccccc2)C=C1. The minimum Gasteiger partial charge on any atom is -0.290 e. The zero-order valence-corrected chi connectivity index (χ0v) is 14.6. The van der Waals surface area contributed by atoms with Gasteiger partial charge in [0.25, 0.3) is 0 Å². The second-order valence-corrected chi connectivity index (χ2v) is 3.25. The van der Waals surface area contributed by atoms with Crippen molar-refractivity contribution in [3.05, 3.63) is 66.4 Å². The number of nitrogens with zero attached hydrogens (tertiary/aromatic N) is 2. The van der Waals surface area contributed by atoms with Gasteiger partial charge in [0, 0.05) is 0 Å². The van der Waals surface area contributed by atoms with Crippen LogP contribution in [-0.4, -0.2) is 5.78 Å². The first-order valence-corrected chi connectivity index (χ1v) is 7.91. The Morgan fingerprint density at radius 1 is 0.773 bits per heavy atom. The first-order chi connectivity index (χ1) is 10.8. The summed E-state index contributed by atoms with van der Waals surface area (Å²) >= 11 is 0. The largest absolute Gasteiger partial charge is 0.290 e. The van der Waals surface area contributed by atoms with E-state index in [1.807, 2.05) is 71.9 Å². The molecule has 0 radical (unpaired) electrons. The molecule has 2 rings (SSSR count). The average Bonchev–Trinajstić information content (AvgIpc) is 2.63. The van der Waals surface area contributed by atoms with E-state index in [0.29, 0.717) is 0 Å². The number of hydrogen-bond donors (Lipinski definition) is 0. The van der Waals surface area contributed by atoms with Gasteiger partial charge in [-0.25, -0.2) is 0 Å². The minimum atomic E-state index is -0.00264. The van der Waals surface area contributed by atoms with Crippen LogP contribution in [0.1, 0.15) is 41.5 Å². The van der Waals surface area contributed by atoms with Crippen molar-refractivity contribution in [1.29, 1.82) is 0 Å². The Kier molecular flexibility index (Phi) is 16.8. The lowest BCUT2D eigenvalue weighted by molar-refractivity contribution is -0.110. The van der Waals surface area contributed by atoms with Crippen LogP contribution >= 0.6 is 0 Å². The number of rotatable bonds is 2. The quantitative estimate of drug-likeness (QED) is 0.580. The third-order valence-corrected chi connectivity index (χ3v) is 2.02. The van der Waals surface area contributed by atoms with E-state index in [1.165, 1.54) is 12.2 Å². The van der Waals surface area contributed by atoms with Crippen molar-refractivity contribution < 1.29 is 4.79 Å². The van der Waals surface area contributed by atoms with Crippen molar-refractivity contribution in [2.24, 2.45) is 10.2 Å². The van der Waals surface area contributed by atoms with E-state index in [0.717, 1.165) is 11.3 Å². The van der Waals surface area contributed by atoms with Crippen molar-refractivity contribution in [3.63, 3.8) is 0 Å². The van der Waals surface area contributed by atoms with Gasteiger partial charge in [-0.15, -0.1) is 0 Å². The molecule has 0 heterocycles. The van der Waals surface area contributed by atoms with Crippen LogP contribution in [0, 0.1) is 0 Å². The Hall–Kier alpha value is -2.29. The Bertz CT molecular complexity index is 479. The number of benzene rings is 1. The van der Waals surface area contributed by atoms with E-state index >= 15 is 0 Å². The number of allylic oxidation sites excluding steroid dienone is 5. The summed E-state index contributed by atoms with van der Waals surface area (Å²) in [5.41, 5.74) is 1.67. The molecule has 1 aliphatic rings. The topological polar surface area (TPSA) is 41.8 Å². The summed E-state index contributed by atoms with van der Waals surface area (Å²) in [5, 5.41) is 7.95. The van der Waals surface area contributed by atoms with Gasteiger partial charge in [0.15, 0.2) is 5.78 Å². The maximum atomic E-state index is 10.8. The minimum absolute atomic E-state index is 0.00264. The van der Waals surface area contributed by atoms with E-state index < -0.39 is 0 Å². The molecule has 0 N–H and O–H groups in total. The molecule has 1 aromatic carbocycles. The Balaban J connectivity index is 0. The van der Waals surface area contributed by atoms with Gasteiger partial charge in [-0.1, -0.05) is 59.7 Å². The van der Waals surface area contributed by atoms with E-state index in [1.54, 1.807) is 18.4 Å². The smallest absolute Gasteiger partial charge is 0.178 e. The van der Waals surface area contributed by atoms with Crippen molar-refractivity contribution in [2.45, 2.75) is 41.5 Å². The third-order valence-electron chi connectivity index (χ3n) is 2.02. The van der Waals surface area contributed by atoms with Crippen LogP contribution in [0.5, 0.6) is 0 Å². The predicted molar refractivity (Wildman–Crippen MR) is 96.4 cm³/mol. The highest BCUT2D eigenvalue weighted by Gasteiger charge is 1.96. The molecule has 1 aliphatic carbocycles. The van der Waals surface area contributed by atoms with Crippen LogP contribution in [0.3, 0.4) is 0 Å². The van der Waals surface area contributed by atoms with Gasteiger partial charge in [0.1, 0.15) is 0 Å². The van der Waals surface area contributed by atoms with Gasteiger partial charge in [-0.2, -0.15) is 10.2 Å². The molecule has 22 heavy (non-hydrogen) atoms. The molecular weight excluding hydrogens is 272 g/mol. The molecule has 3 nitrogen and oxygen atoms in total. The molecular formula is C19H28N2O. The monoisotopic (exact) mass is 300 g/mol. The first-order valence-electron chi connectivity index (χ1n) is 7.91. The average molecular weight is 300 g/mol. The van der Waals surface area contributed by atoms with Crippen LogP contribution in [-0.2, 0) is 4.79 Å². The lowest BCUT2D eigenvalue weighted by Crippen LogP contribution is -1.90. The standard InChI is InChI=1S/C13H10N2O.3C2H6/c16-13-8-6-11(7-9-13)10-14-15-12-4-2-1-3-5-12;3*1-2/h1-10H;3*1-2H3. The normalized spacial score (nSPS) is 11.5. The molecule has 0 aromatic heterocycles. The Morgan fingerprint density at radius 3 is 1.77 bits per heavy atom. The fraction of sp³-hybridized carbons (Fsp3) is 0.316. The highest BCUT2D eigenvalue weighted by atomic mass is 16.1. The lowest BCUT2D eigenvalue weighted by Gasteiger charge is -1.95. The molecule has 3 heteroatoms. The Labute approximate surface area is 135 Å². The number of hydrogen-bond acceptors (Lipinski definition) is 3. The van der Waals surface area contributed by atoms with Crippen LogP contribution < -0.4 is 0 Å². The molecule has 0 aliphatic heterocycles. The summed E-state index contributed by atoms with van der Waals surface area (Å²) in [6.45, 7) is 12.0. The maximum Gasteiger partial charge on any atom is 0.178 e. The van der Waals surface area contributed by atoms with Crippen LogP contribution in [0.25, 0.3) is 0 Å². The summed E-state index contributed by atoms with van der Waals surface area (Å²) < 4.78 is 0. The second-order valence-electron chi connectivity index (χ2n) is 3.25. The molecule has 0 saturated heterocycles. The third kappa shape index (κ3) is 10.5. The van der Waals surface area contributed by atoms with Crippen LogP contribution in [0.2, 0.25) is 0 Å². The van der Waals surface area contributed by atoms with Crippen molar-refractivity contribution in [1.82, 2.24) is 0 Å². The van der Waals surface area contributed by atoms with Crippen molar-refractivity contribution in [2.75, 3.05) is 0 Å². The molecule has 0 unspecified atom stereocenters. The van der Waals surface area contributed by atoms with E-state index in [-0.39, 0.29) is 5.78 Å². The predicted octanol–water partition coefficient (Wildman–Crippen LogP) is 6.43. The summed E-state index contributed by atoms with van der Waals surface area (Å²) in [6.07, 6.45) is 8.05. The van der Waals surface area contributed by atoms with Gasteiger partial charge in [-0.05, 0) is 42.0 Å². The lowest BCUT2D eigenvalue weighted by atomic mass is 10.1. The Morgan fingerprint density at radius 2 is 1.27 bits per heavy atom. The summed E-state index contributed by atoms with van der Waals surface area (Å²) in [7, 11) is 0. The maximum absolute atomic E-state index is 10.8. The van der Waals surface area contributed by atoms with Gasteiger partial charge in [0.05, 0.1) is 11.9 Å².